The third-order valence-electron chi connectivity index (χ3n) is 1.28. The van der Waals surface area contributed by atoms with Crippen LogP contribution in [-0.4, -0.2) is 31.3 Å². The lowest BCUT2D eigenvalue weighted by Crippen LogP contribution is -2.39. The van der Waals surface area contributed by atoms with E-state index in [1.807, 2.05) is 12.3 Å². The molecule has 0 aliphatic carbocycles. The van der Waals surface area contributed by atoms with Gasteiger partial charge in [-0.1, -0.05) is 0 Å². The zero-order valence-corrected chi connectivity index (χ0v) is 5.83. The molecule has 1 N–H and O–H groups in total. The van der Waals surface area contributed by atoms with E-state index in [2.05, 4.69) is 10.1 Å². The maximum absolute atomic E-state index is 10.8. The molecule has 1 heterocycles. The van der Waals surface area contributed by atoms with Gasteiger partial charge in [-0.2, -0.15) is 0 Å². The number of carbonyl (C=O) groups is 1. The van der Waals surface area contributed by atoms with E-state index in [1.165, 1.54) is 7.11 Å². The number of carbonyl (C=O) groups excluding carboxylic acids is 1. The van der Waals surface area contributed by atoms with Gasteiger partial charge >= 0.3 is 6.09 Å². The third kappa shape index (κ3) is 1.40. The van der Waals surface area contributed by atoms with Crippen LogP contribution in [0.5, 0.6) is 0 Å². The lowest BCUT2D eigenvalue weighted by atomic mass is 10.5. The third-order valence-corrected chi connectivity index (χ3v) is 1.28. The molecule has 0 saturated heterocycles. The molecule has 1 rings (SSSR count). The van der Waals surface area contributed by atoms with Gasteiger partial charge in [0.25, 0.3) is 0 Å². The Kier molecular flexibility index (Phi) is 2.15. The molecular weight excluding hydrogens is 132 g/mol. The molecule has 0 radical (unpaired) electrons. The summed E-state index contributed by atoms with van der Waals surface area (Å²) in [6.45, 7) is 1.16. The first kappa shape index (κ1) is 6.92. The maximum atomic E-state index is 10.8. The van der Waals surface area contributed by atoms with E-state index in [9.17, 15) is 4.79 Å². The lowest BCUT2D eigenvalue weighted by molar-refractivity contribution is 0.125. The van der Waals surface area contributed by atoms with Gasteiger partial charge < -0.3 is 10.1 Å². The van der Waals surface area contributed by atoms with Gasteiger partial charge in [-0.15, -0.1) is 0 Å². The molecule has 0 aromatic carbocycles. The lowest BCUT2D eigenvalue weighted by Gasteiger charge is -2.22. The molecule has 0 saturated carbocycles. The molecule has 0 aromatic rings. The Morgan fingerprint density at radius 2 is 2.60 bits per heavy atom. The van der Waals surface area contributed by atoms with Gasteiger partial charge in [0.15, 0.2) is 0 Å². The van der Waals surface area contributed by atoms with Gasteiger partial charge in [-0.3, -0.25) is 4.90 Å². The normalized spacial score (nSPS) is 16.3. The second-order valence-electron chi connectivity index (χ2n) is 1.96. The molecule has 0 spiro atoms. The van der Waals surface area contributed by atoms with Crippen LogP contribution in [0.15, 0.2) is 12.3 Å². The van der Waals surface area contributed by atoms with Crippen molar-refractivity contribution >= 4 is 6.09 Å². The molecule has 0 bridgehead atoms. The van der Waals surface area contributed by atoms with E-state index >= 15 is 0 Å². The standard InChI is InChI=1S/C6H10N2O2/c1-10-6(9)8-4-2-3-7-5-8/h2-3,7H,4-5H2,1H3. The SMILES string of the molecule is COC(=O)N1CC=CNC1. The van der Waals surface area contributed by atoms with Gasteiger partial charge in [0.1, 0.15) is 0 Å². The molecule has 4 nitrogen and oxygen atoms in total. The number of methoxy groups -OCH3 is 1. The fourth-order valence-corrected chi connectivity index (χ4v) is 0.759. The quantitative estimate of drug-likeness (QED) is 0.522. The molecule has 0 aromatic heterocycles. The Labute approximate surface area is 59.5 Å². The fraction of sp³-hybridized carbons (Fsp3) is 0.500. The Bertz CT molecular complexity index is 156. The fourth-order valence-electron chi connectivity index (χ4n) is 0.759. The predicted octanol–water partition coefficient (Wildman–Crippen LogP) is 0.129. The van der Waals surface area contributed by atoms with Gasteiger partial charge in [-0.25, -0.2) is 4.79 Å². The van der Waals surface area contributed by atoms with E-state index in [0.717, 1.165) is 0 Å². The smallest absolute Gasteiger partial charge is 0.411 e. The van der Waals surface area contributed by atoms with Gasteiger partial charge in [0.05, 0.1) is 13.8 Å². The minimum atomic E-state index is -0.295. The first-order valence-electron chi connectivity index (χ1n) is 3.06. The first-order chi connectivity index (χ1) is 4.84. The number of hydrogen-bond donors (Lipinski definition) is 1. The van der Waals surface area contributed by atoms with Crippen molar-refractivity contribution in [1.29, 1.82) is 0 Å². The summed E-state index contributed by atoms with van der Waals surface area (Å²) in [5, 5.41) is 2.89. The largest absolute Gasteiger partial charge is 0.453 e. The predicted molar refractivity (Wildman–Crippen MR) is 36.3 cm³/mol. The van der Waals surface area contributed by atoms with Crippen LogP contribution in [0.2, 0.25) is 0 Å². The number of amides is 1. The summed E-state index contributed by atoms with van der Waals surface area (Å²) in [7, 11) is 1.38. The van der Waals surface area contributed by atoms with Crippen molar-refractivity contribution in [2.24, 2.45) is 0 Å². The van der Waals surface area contributed by atoms with Crippen LogP contribution in [0, 0.1) is 0 Å². The van der Waals surface area contributed by atoms with Crippen molar-refractivity contribution in [2.75, 3.05) is 20.3 Å². The van der Waals surface area contributed by atoms with Crippen molar-refractivity contribution in [3.05, 3.63) is 12.3 Å². The highest BCUT2D eigenvalue weighted by molar-refractivity contribution is 5.67. The van der Waals surface area contributed by atoms with Gasteiger partial charge in [0, 0.05) is 6.54 Å². The minimum Gasteiger partial charge on any atom is -0.453 e. The zero-order chi connectivity index (χ0) is 7.40. The zero-order valence-electron chi connectivity index (χ0n) is 5.83. The van der Waals surface area contributed by atoms with Crippen LogP contribution >= 0.6 is 0 Å². The number of ether oxygens (including phenoxy) is 1. The van der Waals surface area contributed by atoms with Crippen molar-refractivity contribution in [3.8, 4) is 0 Å². The second kappa shape index (κ2) is 3.10. The molecule has 0 atom stereocenters. The Hall–Kier alpha value is -1.19. The molecule has 10 heavy (non-hydrogen) atoms. The van der Waals surface area contributed by atoms with E-state index in [4.69, 9.17) is 0 Å². The summed E-state index contributed by atoms with van der Waals surface area (Å²) in [6.07, 6.45) is 3.39. The van der Waals surface area contributed by atoms with Crippen molar-refractivity contribution in [2.45, 2.75) is 0 Å². The van der Waals surface area contributed by atoms with E-state index in [-0.39, 0.29) is 6.09 Å². The first-order valence-corrected chi connectivity index (χ1v) is 3.06. The average Bonchev–Trinajstić information content (AvgIpc) is 2.05. The highest BCUT2D eigenvalue weighted by atomic mass is 16.5. The topological polar surface area (TPSA) is 41.6 Å². The maximum Gasteiger partial charge on any atom is 0.411 e. The highest BCUT2D eigenvalue weighted by Gasteiger charge is 2.12. The summed E-state index contributed by atoms with van der Waals surface area (Å²) < 4.78 is 4.50. The Morgan fingerprint density at radius 1 is 1.80 bits per heavy atom. The molecule has 4 heteroatoms. The number of nitrogens with zero attached hydrogens (tertiary/aromatic N) is 1. The van der Waals surface area contributed by atoms with Crippen LogP contribution in [0.1, 0.15) is 0 Å². The number of hydrogen-bond acceptors (Lipinski definition) is 3. The molecular formula is C6H10N2O2. The van der Waals surface area contributed by atoms with E-state index in [0.29, 0.717) is 13.2 Å². The van der Waals surface area contributed by atoms with Crippen LogP contribution in [0.25, 0.3) is 0 Å². The molecule has 1 aliphatic heterocycles. The summed E-state index contributed by atoms with van der Waals surface area (Å²) in [4.78, 5) is 12.4. The molecule has 1 aliphatic rings. The highest BCUT2D eigenvalue weighted by Crippen LogP contribution is 1.94. The minimum absolute atomic E-state index is 0.295. The van der Waals surface area contributed by atoms with Crippen molar-refractivity contribution in [1.82, 2.24) is 10.2 Å². The number of rotatable bonds is 0. The van der Waals surface area contributed by atoms with Crippen LogP contribution in [0.3, 0.4) is 0 Å². The van der Waals surface area contributed by atoms with E-state index < -0.39 is 0 Å². The van der Waals surface area contributed by atoms with Gasteiger partial charge in [-0.05, 0) is 12.3 Å². The van der Waals surface area contributed by atoms with Gasteiger partial charge in [0.2, 0.25) is 0 Å². The van der Waals surface area contributed by atoms with Crippen LogP contribution < -0.4 is 5.32 Å². The summed E-state index contributed by atoms with van der Waals surface area (Å²) >= 11 is 0. The summed E-state index contributed by atoms with van der Waals surface area (Å²) in [6, 6.07) is 0. The van der Waals surface area contributed by atoms with Crippen molar-refractivity contribution < 1.29 is 9.53 Å². The van der Waals surface area contributed by atoms with Crippen LogP contribution in [-0.2, 0) is 4.74 Å². The van der Waals surface area contributed by atoms with Crippen molar-refractivity contribution in [3.63, 3.8) is 0 Å². The Morgan fingerprint density at radius 3 is 3.10 bits per heavy atom. The second-order valence-corrected chi connectivity index (χ2v) is 1.96. The van der Waals surface area contributed by atoms with E-state index in [1.54, 1.807) is 4.90 Å². The molecule has 1 amide bonds. The molecule has 0 unspecified atom stereocenters. The monoisotopic (exact) mass is 142 g/mol. The Balaban J connectivity index is 2.41. The molecule has 56 valence electrons. The summed E-state index contributed by atoms with van der Waals surface area (Å²) in [5.74, 6) is 0. The molecule has 0 fully saturated rings. The van der Waals surface area contributed by atoms with Crippen LogP contribution in [0.4, 0.5) is 4.79 Å². The number of nitrogens with one attached hydrogen (secondary N) is 1. The summed E-state index contributed by atoms with van der Waals surface area (Å²) in [5.41, 5.74) is 0. The average molecular weight is 142 g/mol.